The van der Waals surface area contributed by atoms with Crippen molar-refractivity contribution in [3.63, 3.8) is 0 Å². The van der Waals surface area contributed by atoms with Gasteiger partial charge in [-0.3, -0.25) is 4.90 Å². The van der Waals surface area contributed by atoms with E-state index in [9.17, 15) is 4.79 Å². The number of H-pyrrole nitrogens is 1. The number of hydrogen-bond donors (Lipinski definition) is 1. The Balaban J connectivity index is 2.01. The van der Waals surface area contributed by atoms with Crippen LogP contribution in [0.1, 0.15) is 24.6 Å². The van der Waals surface area contributed by atoms with Gasteiger partial charge in [0.05, 0.1) is 25.7 Å². The third-order valence-electron chi connectivity index (χ3n) is 3.80. The lowest BCUT2D eigenvalue weighted by molar-refractivity contribution is 0.179. The summed E-state index contributed by atoms with van der Waals surface area (Å²) in [6, 6.07) is 5.73. The summed E-state index contributed by atoms with van der Waals surface area (Å²) >= 11 is 0. The number of nitrogens with zero attached hydrogens (tertiary/aromatic N) is 2. The van der Waals surface area contributed by atoms with Gasteiger partial charge >= 0.3 is 6.09 Å². The van der Waals surface area contributed by atoms with Crippen LogP contribution < -0.4 is 9.64 Å². The van der Waals surface area contributed by atoms with Crippen molar-refractivity contribution in [1.82, 2.24) is 9.97 Å². The molecule has 3 rings (SSSR count). The van der Waals surface area contributed by atoms with E-state index in [1.165, 1.54) is 7.11 Å². The van der Waals surface area contributed by atoms with Gasteiger partial charge < -0.3 is 14.5 Å². The van der Waals surface area contributed by atoms with Crippen molar-refractivity contribution in [2.75, 3.05) is 25.2 Å². The first-order valence-corrected chi connectivity index (χ1v) is 7.55. The first-order valence-electron chi connectivity index (χ1n) is 7.55. The molecule has 0 aliphatic carbocycles. The summed E-state index contributed by atoms with van der Waals surface area (Å²) < 4.78 is 10.6. The first-order chi connectivity index (χ1) is 11.2. The summed E-state index contributed by atoms with van der Waals surface area (Å²) in [6.45, 7) is 3.08. The zero-order valence-electron chi connectivity index (χ0n) is 13.2. The monoisotopic (exact) mass is 313 g/mol. The van der Waals surface area contributed by atoms with Crippen LogP contribution in [0.3, 0.4) is 0 Å². The number of nitrogens with one attached hydrogen (secondary N) is 1. The first kappa shape index (κ1) is 15.1. The van der Waals surface area contributed by atoms with Crippen LogP contribution >= 0.6 is 0 Å². The summed E-state index contributed by atoms with van der Waals surface area (Å²) in [4.78, 5) is 20.7. The molecule has 0 atom stereocenters. The standard InChI is InChI=1S/C17H19N3O3/c1-3-20(17(21)22-2)14-4-5-16-15(9-14)12(6-7-23-16)8-13-10-18-11-19-13/h4-5,8-11H,3,6-7H2,1-2H3,(H,18,19)/b12-8-. The number of amides is 1. The van der Waals surface area contributed by atoms with Crippen molar-refractivity contribution in [1.29, 1.82) is 0 Å². The third-order valence-corrected chi connectivity index (χ3v) is 3.80. The smallest absolute Gasteiger partial charge is 0.413 e. The summed E-state index contributed by atoms with van der Waals surface area (Å²) in [5.41, 5.74) is 3.79. The summed E-state index contributed by atoms with van der Waals surface area (Å²) in [5.74, 6) is 0.822. The average Bonchev–Trinajstić information content (AvgIpc) is 3.09. The third kappa shape index (κ3) is 3.06. The molecule has 1 amide bonds. The molecule has 0 radical (unpaired) electrons. The number of benzene rings is 1. The van der Waals surface area contributed by atoms with Crippen LogP contribution in [-0.4, -0.2) is 36.3 Å². The highest BCUT2D eigenvalue weighted by Gasteiger charge is 2.20. The molecule has 1 N–H and O–H groups in total. The summed E-state index contributed by atoms with van der Waals surface area (Å²) in [7, 11) is 1.38. The molecule has 1 aliphatic heterocycles. The molecule has 1 aliphatic rings. The van der Waals surface area contributed by atoms with E-state index in [1.54, 1.807) is 11.2 Å². The van der Waals surface area contributed by atoms with Crippen molar-refractivity contribution in [2.45, 2.75) is 13.3 Å². The molecule has 23 heavy (non-hydrogen) atoms. The molecule has 0 spiro atoms. The topological polar surface area (TPSA) is 67.5 Å². The van der Waals surface area contributed by atoms with Gasteiger partial charge in [0.1, 0.15) is 5.75 Å². The number of carbonyl (C=O) groups excluding carboxylic acids is 1. The second kappa shape index (κ2) is 6.56. The maximum Gasteiger partial charge on any atom is 0.413 e. The Morgan fingerprint density at radius 3 is 3.09 bits per heavy atom. The van der Waals surface area contributed by atoms with Gasteiger partial charge in [-0.2, -0.15) is 0 Å². The molecule has 0 saturated heterocycles. The van der Waals surface area contributed by atoms with Crippen molar-refractivity contribution in [2.24, 2.45) is 0 Å². The van der Waals surface area contributed by atoms with Crippen molar-refractivity contribution >= 4 is 23.4 Å². The predicted octanol–water partition coefficient (Wildman–Crippen LogP) is 3.33. The quantitative estimate of drug-likeness (QED) is 0.944. The Kier molecular flexibility index (Phi) is 4.32. The van der Waals surface area contributed by atoms with Crippen LogP contribution in [-0.2, 0) is 4.74 Å². The van der Waals surface area contributed by atoms with Gasteiger partial charge in [0.25, 0.3) is 0 Å². The zero-order valence-corrected chi connectivity index (χ0v) is 13.2. The van der Waals surface area contributed by atoms with Gasteiger partial charge in [0.2, 0.25) is 0 Å². The van der Waals surface area contributed by atoms with E-state index in [1.807, 2.05) is 37.4 Å². The molecule has 6 heteroatoms. The van der Waals surface area contributed by atoms with E-state index in [2.05, 4.69) is 9.97 Å². The maximum atomic E-state index is 11.9. The number of aromatic nitrogens is 2. The molecule has 1 aromatic carbocycles. The SMILES string of the molecule is CCN(C(=O)OC)c1ccc2c(c1)/C(=C\c1c[nH]cn1)CCO2. The van der Waals surface area contributed by atoms with Crippen LogP contribution in [0.15, 0.2) is 30.7 Å². The Morgan fingerprint density at radius 2 is 2.39 bits per heavy atom. The van der Waals surface area contributed by atoms with Crippen LogP contribution in [0.5, 0.6) is 5.75 Å². The van der Waals surface area contributed by atoms with E-state index in [0.717, 1.165) is 34.7 Å². The van der Waals surface area contributed by atoms with Gasteiger partial charge in [-0.15, -0.1) is 0 Å². The number of methoxy groups -OCH3 is 1. The van der Waals surface area contributed by atoms with Crippen LogP contribution in [0.25, 0.3) is 11.6 Å². The zero-order chi connectivity index (χ0) is 16.2. The number of imidazole rings is 1. The molecule has 1 aromatic heterocycles. The Morgan fingerprint density at radius 1 is 1.52 bits per heavy atom. The molecule has 0 fully saturated rings. The number of fused-ring (bicyclic) bond motifs is 1. The van der Waals surface area contributed by atoms with E-state index >= 15 is 0 Å². The van der Waals surface area contributed by atoms with Gasteiger partial charge in [-0.25, -0.2) is 9.78 Å². The van der Waals surface area contributed by atoms with E-state index in [4.69, 9.17) is 9.47 Å². The lowest BCUT2D eigenvalue weighted by atomic mass is 9.98. The Labute approximate surface area is 134 Å². The molecular formula is C17H19N3O3. The lowest BCUT2D eigenvalue weighted by Gasteiger charge is -2.24. The number of ether oxygens (including phenoxy) is 2. The minimum atomic E-state index is -0.373. The van der Waals surface area contributed by atoms with E-state index in [0.29, 0.717) is 13.2 Å². The van der Waals surface area contributed by atoms with Gasteiger partial charge in [-0.05, 0) is 36.8 Å². The second-order valence-corrected chi connectivity index (χ2v) is 5.16. The highest BCUT2D eigenvalue weighted by molar-refractivity contribution is 5.90. The molecule has 120 valence electrons. The van der Waals surface area contributed by atoms with Crippen LogP contribution in [0.4, 0.5) is 10.5 Å². The number of hydrogen-bond acceptors (Lipinski definition) is 4. The largest absolute Gasteiger partial charge is 0.493 e. The van der Waals surface area contributed by atoms with Crippen LogP contribution in [0, 0.1) is 0 Å². The maximum absolute atomic E-state index is 11.9. The molecule has 0 bridgehead atoms. The van der Waals surface area contributed by atoms with Crippen LogP contribution in [0.2, 0.25) is 0 Å². The summed E-state index contributed by atoms with van der Waals surface area (Å²) in [5, 5.41) is 0. The highest BCUT2D eigenvalue weighted by atomic mass is 16.5. The number of rotatable bonds is 3. The minimum absolute atomic E-state index is 0.373. The normalized spacial score (nSPS) is 15.0. The van der Waals surface area contributed by atoms with E-state index in [-0.39, 0.29) is 6.09 Å². The van der Waals surface area contributed by atoms with Gasteiger partial charge in [0.15, 0.2) is 0 Å². The fraction of sp³-hybridized carbons (Fsp3) is 0.294. The van der Waals surface area contributed by atoms with Gasteiger partial charge in [0, 0.05) is 30.4 Å². The molecule has 0 unspecified atom stereocenters. The molecule has 0 saturated carbocycles. The van der Waals surface area contributed by atoms with Crippen molar-refractivity contribution in [3.8, 4) is 5.75 Å². The van der Waals surface area contributed by atoms with Gasteiger partial charge in [-0.1, -0.05) is 0 Å². The average molecular weight is 313 g/mol. The molecule has 6 nitrogen and oxygen atoms in total. The Bertz CT molecular complexity index is 723. The molecular weight excluding hydrogens is 294 g/mol. The highest BCUT2D eigenvalue weighted by Crippen LogP contribution is 2.36. The molecule has 2 aromatic rings. The number of anilines is 1. The number of aromatic amines is 1. The van der Waals surface area contributed by atoms with E-state index < -0.39 is 0 Å². The molecule has 2 heterocycles. The van der Waals surface area contributed by atoms with Crippen molar-refractivity contribution in [3.05, 3.63) is 42.0 Å². The minimum Gasteiger partial charge on any atom is -0.493 e. The lowest BCUT2D eigenvalue weighted by Crippen LogP contribution is -2.30. The number of carbonyl (C=O) groups is 1. The second-order valence-electron chi connectivity index (χ2n) is 5.16. The fourth-order valence-electron chi connectivity index (χ4n) is 2.67. The summed E-state index contributed by atoms with van der Waals surface area (Å²) in [6.07, 6.45) is 5.96. The Hall–Kier alpha value is -2.76. The predicted molar refractivity (Wildman–Crippen MR) is 88.4 cm³/mol. The fourth-order valence-corrected chi connectivity index (χ4v) is 2.67. The van der Waals surface area contributed by atoms with Crippen molar-refractivity contribution < 1.29 is 14.3 Å².